The summed E-state index contributed by atoms with van der Waals surface area (Å²) in [5.41, 5.74) is 3.49. The van der Waals surface area contributed by atoms with Crippen LogP contribution in [-0.4, -0.2) is 22.6 Å². The van der Waals surface area contributed by atoms with Gasteiger partial charge in [-0.15, -0.1) is 0 Å². The third kappa shape index (κ3) is 3.30. The third-order valence-corrected chi connectivity index (χ3v) is 2.83. The number of H-pyrrole nitrogens is 1. The maximum Gasteiger partial charge on any atom is 0.107 e. The molecule has 17 heavy (non-hydrogen) atoms. The van der Waals surface area contributed by atoms with Gasteiger partial charge in [-0.1, -0.05) is 19.9 Å². The van der Waals surface area contributed by atoms with E-state index in [1.54, 1.807) is 0 Å². The summed E-state index contributed by atoms with van der Waals surface area (Å²) >= 11 is 0. The molecule has 0 saturated heterocycles. The van der Waals surface area contributed by atoms with Crippen molar-refractivity contribution in [1.29, 1.82) is 0 Å². The van der Waals surface area contributed by atoms with Crippen molar-refractivity contribution in [3.05, 3.63) is 29.6 Å². The number of hydrogen-bond acceptors (Lipinski definition) is 2. The number of nitrogens with zero attached hydrogens (tertiary/aromatic N) is 1. The van der Waals surface area contributed by atoms with E-state index in [-0.39, 0.29) is 0 Å². The van der Waals surface area contributed by atoms with Crippen LogP contribution in [0, 0.1) is 6.92 Å². The summed E-state index contributed by atoms with van der Waals surface area (Å²) in [5, 5.41) is 3.42. The minimum Gasteiger partial charge on any atom is -0.342 e. The van der Waals surface area contributed by atoms with Crippen LogP contribution in [0.15, 0.2) is 18.2 Å². The van der Waals surface area contributed by atoms with Gasteiger partial charge in [0.15, 0.2) is 0 Å². The second kappa shape index (κ2) is 5.32. The predicted octanol–water partition coefficient (Wildman–Crippen LogP) is 2.80. The van der Waals surface area contributed by atoms with E-state index in [4.69, 9.17) is 0 Å². The number of rotatable bonds is 5. The van der Waals surface area contributed by atoms with Gasteiger partial charge >= 0.3 is 0 Å². The molecule has 0 aliphatic heterocycles. The summed E-state index contributed by atoms with van der Waals surface area (Å²) in [6, 6.07) is 6.90. The van der Waals surface area contributed by atoms with Crippen LogP contribution in [-0.2, 0) is 6.42 Å². The van der Waals surface area contributed by atoms with Gasteiger partial charge in [0, 0.05) is 12.5 Å². The van der Waals surface area contributed by atoms with E-state index in [1.807, 2.05) is 0 Å². The van der Waals surface area contributed by atoms with Gasteiger partial charge in [0.25, 0.3) is 0 Å². The molecule has 0 aliphatic carbocycles. The molecule has 2 rings (SSSR count). The smallest absolute Gasteiger partial charge is 0.107 e. The molecule has 0 unspecified atom stereocenters. The molecule has 3 nitrogen and oxygen atoms in total. The Hall–Kier alpha value is -1.35. The fourth-order valence-electron chi connectivity index (χ4n) is 1.94. The Bertz CT molecular complexity index is 485. The van der Waals surface area contributed by atoms with Crippen molar-refractivity contribution in [2.24, 2.45) is 0 Å². The molecule has 3 heteroatoms. The van der Waals surface area contributed by atoms with E-state index in [2.05, 4.69) is 54.3 Å². The van der Waals surface area contributed by atoms with Crippen LogP contribution in [0.1, 0.15) is 31.7 Å². The zero-order valence-electron chi connectivity index (χ0n) is 10.9. The standard InChI is InChI=1S/C14H21N3/c1-10(2)15-8-4-5-14-16-12-7-6-11(3)9-13(12)17-14/h6-7,9-10,15H,4-5,8H2,1-3H3,(H,16,17). The first-order valence-electron chi connectivity index (χ1n) is 6.34. The van der Waals surface area contributed by atoms with E-state index in [0.717, 1.165) is 36.2 Å². The Morgan fingerprint density at radius 1 is 1.35 bits per heavy atom. The second-order valence-electron chi connectivity index (χ2n) is 4.92. The number of aryl methyl sites for hydroxylation is 2. The molecule has 0 spiro atoms. The van der Waals surface area contributed by atoms with Crippen LogP contribution in [0.25, 0.3) is 11.0 Å². The molecular formula is C14H21N3. The van der Waals surface area contributed by atoms with Gasteiger partial charge in [-0.05, 0) is 37.6 Å². The van der Waals surface area contributed by atoms with Crippen LogP contribution >= 0.6 is 0 Å². The van der Waals surface area contributed by atoms with Gasteiger partial charge < -0.3 is 10.3 Å². The van der Waals surface area contributed by atoms with E-state index in [1.165, 1.54) is 5.56 Å². The lowest BCUT2D eigenvalue weighted by atomic mass is 10.2. The lowest BCUT2D eigenvalue weighted by Crippen LogP contribution is -2.24. The van der Waals surface area contributed by atoms with Gasteiger partial charge in [-0.2, -0.15) is 0 Å². The number of nitrogens with one attached hydrogen (secondary N) is 2. The normalized spacial score (nSPS) is 11.5. The highest BCUT2D eigenvalue weighted by molar-refractivity contribution is 5.75. The van der Waals surface area contributed by atoms with Gasteiger partial charge in [0.05, 0.1) is 11.0 Å². The van der Waals surface area contributed by atoms with Crippen molar-refractivity contribution in [2.45, 2.75) is 39.7 Å². The molecule has 0 radical (unpaired) electrons. The number of aromatic nitrogens is 2. The average molecular weight is 231 g/mol. The average Bonchev–Trinajstić information content (AvgIpc) is 2.66. The van der Waals surface area contributed by atoms with E-state index in [9.17, 15) is 0 Å². The number of imidazole rings is 1. The van der Waals surface area contributed by atoms with Crippen molar-refractivity contribution in [3.8, 4) is 0 Å². The molecule has 0 bridgehead atoms. The summed E-state index contributed by atoms with van der Waals surface area (Å²) in [4.78, 5) is 7.97. The summed E-state index contributed by atoms with van der Waals surface area (Å²) < 4.78 is 0. The number of aromatic amines is 1. The molecule has 0 fully saturated rings. The van der Waals surface area contributed by atoms with Crippen molar-refractivity contribution >= 4 is 11.0 Å². The number of fused-ring (bicyclic) bond motifs is 1. The van der Waals surface area contributed by atoms with Crippen LogP contribution in [0.5, 0.6) is 0 Å². The summed E-state index contributed by atoms with van der Waals surface area (Å²) in [7, 11) is 0. The Morgan fingerprint density at radius 3 is 2.94 bits per heavy atom. The van der Waals surface area contributed by atoms with E-state index in [0.29, 0.717) is 6.04 Å². The fourth-order valence-corrected chi connectivity index (χ4v) is 1.94. The summed E-state index contributed by atoms with van der Waals surface area (Å²) in [6.45, 7) is 7.49. The monoisotopic (exact) mass is 231 g/mol. The maximum atomic E-state index is 4.59. The third-order valence-electron chi connectivity index (χ3n) is 2.83. The molecule has 0 saturated carbocycles. The van der Waals surface area contributed by atoms with Gasteiger partial charge in [0.1, 0.15) is 5.82 Å². The van der Waals surface area contributed by atoms with Crippen LogP contribution in [0.2, 0.25) is 0 Å². The highest BCUT2D eigenvalue weighted by Gasteiger charge is 2.02. The minimum absolute atomic E-state index is 0.563. The molecule has 1 aromatic heterocycles. The maximum absolute atomic E-state index is 4.59. The lowest BCUT2D eigenvalue weighted by molar-refractivity contribution is 0.567. The molecule has 2 N–H and O–H groups in total. The van der Waals surface area contributed by atoms with Crippen LogP contribution in [0.4, 0.5) is 0 Å². The second-order valence-corrected chi connectivity index (χ2v) is 4.92. The molecule has 92 valence electrons. The van der Waals surface area contributed by atoms with Gasteiger partial charge in [0.2, 0.25) is 0 Å². The highest BCUT2D eigenvalue weighted by atomic mass is 14.9. The fraction of sp³-hybridized carbons (Fsp3) is 0.500. The van der Waals surface area contributed by atoms with Crippen molar-refractivity contribution < 1.29 is 0 Å². The molecule has 2 aromatic rings. The predicted molar refractivity (Wildman–Crippen MR) is 72.3 cm³/mol. The first-order valence-corrected chi connectivity index (χ1v) is 6.34. The zero-order valence-corrected chi connectivity index (χ0v) is 10.9. The van der Waals surface area contributed by atoms with Gasteiger partial charge in [-0.25, -0.2) is 4.98 Å². The first kappa shape index (κ1) is 12.1. The quantitative estimate of drug-likeness (QED) is 0.777. The Morgan fingerprint density at radius 2 is 2.18 bits per heavy atom. The van der Waals surface area contributed by atoms with Crippen LogP contribution in [0.3, 0.4) is 0 Å². The largest absolute Gasteiger partial charge is 0.342 e. The topological polar surface area (TPSA) is 40.7 Å². The molecule has 0 atom stereocenters. The van der Waals surface area contributed by atoms with Crippen molar-refractivity contribution in [2.75, 3.05) is 6.54 Å². The van der Waals surface area contributed by atoms with E-state index < -0.39 is 0 Å². The van der Waals surface area contributed by atoms with Crippen molar-refractivity contribution in [1.82, 2.24) is 15.3 Å². The molecule has 1 heterocycles. The molecule has 0 amide bonds. The van der Waals surface area contributed by atoms with Crippen LogP contribution < -0.4 is 5.32 Å². The van der Waals surface area contributed by atoms with Gasteiger partial charge in [-0.3, -0.25) is 0 Å². The highest BCUT2D eigenvalue weighted by Crippen LogP contribution is 2.13. The lowest BCUT2D eigenvalue weighted by Gasteiger charge is -2.06. The Labute approximate surface area is 103 Å². The number of hydrogen-bond donors (Lipinski definition) is 2. The first-order chi connectivity index (χ1) is 8.15. The molecule has 0 aliphatic rings. The Balaban J connectivity index is 1.95. The Kier molecular flexibility index (Phi) is 3.79. The number of benzene rings is 1. The molecule has 1 aromatic carbocycles. The van der Waals surface area contributed by atoms with E-state index >= 15 is 0 Å². The van der Waals surface area contributed by atoms with Crippen molar-refractivity contribution in [3.63, 3.8) is 0 Å². The minimum atomic E-state index is 0.563. The summed E-state index contributed by atoms with van der Waals surface area (Å²) in [6.07, 6.45) is 2.13. The molecular weight excluding hydrogens is 210 g/mol. The summed E-state index contributed by atoms with van der Waals surface area (Å²) in [5.74, 6) is 1.09. The zero-order chi connectivity index (χ0) is 12.3. The SMILES string of the molecule is Cc1ccc2nc(CCCNC(C)C)[nH]c2c1.